The SMILES string of the molecule is c1ccc(-c2c(-c3ccccc3)c3cc(N(c4ccc(-c5ccc(-c6cccc7ccccc67)cc5)cc4)c4cccc5c4sc4ccccc45)ccc3c3ccccc23)cc1. The van der Waals surface area contributed by atoms with Gasteiger partial charge in [-0.15, -0.1) is 11.3 Å². The van der Waals surface area contributed by atoms with Gasteiger partial charge in [-0.05, 0) is 113 Å². The summed E-state index contributed by atoms with van der Waals surface area (Å²) in [6, 6.07) is 86.7. The Morgan fingerprint density at radius 1 is 0.290 bits per heavy atom. The van der Waals surface area contributed by atoms with Gasteiger partial charge in [-0.1, -0.05) is 200 Å². The lowest BCUT2D eigenvalue weighted by Gasteiger charge is -2.27. The predicted octanol–water partition coefficient (Wildman–Crippen LogP) is 17.7. The number of benzene rings is 11. The Morgan fingerprint density at radius 2 is 0.806 bits per heavy atom. The molecule has 0 aliphatic rings. The number of hydrogen-bond acceptors (Lipinski definition) is 2. The van der Waals surface area contributed by atoms with Gasteiger partial charge in [0.25, 0.3) is 0 Å². The highest BCUT2D eigenvalue weighted by molar-refractivity contribution is 7.26. The minimum absolute atomic E-state index is 1.11. The molecule has 0 N–H and O–H groups in total. The third-order valence-corrected chi connectivity index (χ3v) is 13.7. The third-order valence-electron chi connectivity index (χ3n) is 12.5. The van der Waals surface area contributed by atoms with Crippen molar-refractivity contribution in [3.8, 4) is 44.5 Å². The van der Waals surface area contributed by atoms with Crippen LogP contribution in [0.15, 0.2) is 237 Å². The Morgan fingerprint density at radius 3 is 1.55 bits per heavy atom. The number of rotatable bonds is 7. The summed E-state index contributed by atoms with van der Waals surface area (Å²) in [4.78, 5) is 2.47. The zero-order chi connectivity index (χ0) is 41.0. The molecule has 62 heavy (non-hydrogen) atoms. The van der Waals surface area contributed by atoms with Crippen molar-refractivity contribution in [2.75, 3.05) is 4.90 Å². The highest BCUT2D eigenvalue weighted by Gasteiger charge is 2.22. The normalized spacial score (nSPS) is 11.5. The number of anilines is 3. The van der Waals surface area contributed by atoms with Crippen LogP contribution in [0.25, 0.3) is 97.0 Å². The van der Waals surface area contributed by atoms with E-state index in [4.69, 9.17) is 0 Å². The minimum Gasteiger partial charge on any atom is -0.309 e. The summed E-state index contributed by atoms with van der Waals surface area (Å²) in [6.07, 6.45) is 0. The van der Waals surface area contributed by atoms with Crippen molar-refractivity contribution < 1.29 is 0 Å². The van der Waals surface area contributed by atoms with Crippen LogP contribution in [0.2, 0.25) is 0 Å². The molecule has 0 amide bonds. The van der Waals surface area contributed by atoms with E-state index in [0.717, 1.165) is 11.4 Å². The highest BCUT2D eigenvalue weighted by Crippen LogP contribution is 2.49. The molecule has 0 atom stereocenters. The zero-order valence-electron chi connectivity index (χ0n) is 33.9. The molecular weight excluding hydrogens is 767 g/mol. The van der Waals surface area contributed by atoms with Gasteiger partial charge in [-0.3, -0.25) is 0 Å². The molecule has 0 saturated heterocycles. The molecule has 12 rings (SSSR count). The van der Waals surface area contributed by atoms with Gasteiger partial charge < -0.3 is 4.90 Å². The number of nitrogens with zero attached hydrogens (tertiary/aromatic N) is 1. The molecule has 0 fully saturated rings. The number of fused-ring (bicyclic) bond motifs is 7. The summed E-state index contributed by atoms with van der Waals surface area (Å²) in [5.74, 6) is 0. The van der Waals surface area contributed by atoms with E-state index in [1.165, 1.54) is 103 Å². The van der Waals surface area contributed by atoms with Crippen molar-refractivity contribution in [1.82, 2.24) is 0 Å². The monoisotopic (exact) mass is 805 g/mol. The molecule has 2 heteroatoms. The zero-order valence-corrected chi connectivity index (χ0v) is 34.7. The van der Waals surface area contributed by atoms with Gasteiger partial charge >= 0.3 is 0 Å². The first kappa shape index (κ1) is 36.1. The Balaban J connectivity index is 1.05. The number of hydrogen-bond donors (Lipinski definition) is 0. The van der Waals surface area contributed by atoms with E-state index in [0.29, 0.717) is 0 Å². The first-order valence-electron chi connectivity index (χ1n) is 21.3. The van der Waals surface area contributed by atoms with E-state index in [-0.39, 0.29) is 0 Å². The van der Waals surface area contributed by atoms with Gasteiger partial charge in [0.15, 0.2) is 0 Å². The lowest BCUT2D eigenvalue weighted by Crippen LogP contribution is -2.10. The molecule has 0 aliphatic carbocycles. The topological polar surface area (TPSA) is 3.24 Å². The van der Waals surface area contributed by atoms with E-state index in [1.807, 2.05) is 11.3 Å². The molecule has 11 aromatic carbocycles. The van der Waals surface area contributed by atoms with Crippen molar-refractivity contribution in [1.29, 1.82) is 0 Å². The van der Waals surface area contributed by atoms with Crippen LogP contribution >= 0.6 is 11.3 Å². The average Bonchev–Trinajstić information content (AvgIpc) is 3.74. The van der Waals surface area contributed by atoms with Crippen LogP contribution in [0.4, 0.5) is 17.1 Å². The molecule has 0 saturated carbocycles. The molecule has 290 valence electrons. The molecule has 12 aromatic rings. The summed E-state index contributed by atoms with van der Waals surface area (Å²) in [6.45, 7) is 0. The Bertz CT molecular complexity index is 3600. The second-order valence-corrected chi connectivity index (χ2v) is 17.0. The first-order chi connectivity index (χ1) is 30.8. The molecule has 0 aliphatic heterocycles. The second kappa shape index (κ2) is 15.0. The van der Waals surface area contributed by atoms with Crippen LogP contribution in [0.5, 0.6) is 0 Å². The van der Waals surface area contributed by atoms with Crippen molar-refractivity contribution in [3.05, 3.63) is 237 Å². The van der Waals surface area contributed by atoms with Gasteiger partial charge in [0.05, 0.1) is 10.4 Å². The molecule has 0 bridgehead atoms. The van der Waals surface area contributed by atoms with Crippen molar-refractivity contribution in [2.45, 2.75) is 0 Å². The maximum atomic E-state index is 2.47. The molecular formula is C60H39NS. The molecule has 1 nitrogen and oxygen atoms in total. The van der Waals surface area contributed by atoms with E-state index in [1.54, 1.807) is 0 Å². The fourth-order valence-electron chi connectivity index (χ4n) is 9.59. The smallest absolute Gasteiger partial charge is 0.0640 e. The van der Waals surface area contributed by atoms with Crippen LogP contribution in [0, 0.1) is 0 Å². The highest BCUT2D eigenvalue weighted by atomic mass is 32.1. The molecule has 1 aromatic heterocycles. The quantitative estimate of drug-likeness (QED) is 0.145. The maximum absolute atomic E-state index is 2.47. The van der Waals surface area contributed by atoms with Gasteiger partial charge in [0, 0.05) is 26.8 Å². The molecule has 0 spiro atoms. The average molecular weight is 806 g/mol. The first-order valence-corrected chi connectivity index (χ1v) is 22.1. The van der Waals surface area contributed by atoms with Gasteiger partial charge in [-0.2, -0.15) is 0 Å². The van der Waals surface area contributed by atoms with Crippen LogP contribution in [0.3, 0.4) is 0 Å². The van der Waals surface area contributed by atoms with Crippen LogP contribution in [0.1, 0.15) is 0 Å². The Kier molecular flexibility index (Phi) is 8.76. The van der Waals surface area contributed by atoms with E-state index < -0.39 is 0 Å². The molecule has 0 radical (unpaired) electrons. The van der Waals surface area contributed by atoms with E-state index >= 15 is 0 Å². The van der Waals surface area contributed by atoms with Gasteiger partial charge in [0.2, 0.25) is 0 Å². The van der Waals surface area contributed by atoms with Crippen molar-refractivity contribution >= 4 is 80.9 Å². The van der Waals surface area contributed by atoms with Crippen LogP contribution in [-0.4, -0.2) is 0 Å². The minimum atomic E-state index is 1.11. The number of thiophene rings is 1. The van der Waals surface area contributed by atoms with E-state index in [2.05, 4.69) is 241 Å². The van der Waals surface area contributed by atoms with Crippen LogP contribution < -0.4 is 4.90 Å². The fourth-order valence-corrected chi connectivity index (χ4v) is 10.8. The summed E-state index contributed by atoms with van der Waals surface area (Å²) >= 11 is 1.87. The molecule has 1 heterocycles. The summed E-state index contributed by atoms with van der Waals surface area (Å²) in [7, 11) is 0. The summed E-state index contributed by atoms with van der Waals surface area (Å²) in [5.41, 5.74) is 13.2. The van der Waals surface area contributed by atoms with Gasteiger partial charge in [-0.25, -0.2) is 0 Å². The van der Waals surface area contributed by atoms with Crippen LogP contribution in [-0.2, 0) is 0 Å². The second-order valence-electron chi connectivity index (χ2n) is 16.0. The van der Waals surface area contributed by atoms with Gasteiger partial charge in [0.1, 0.15) is 0 Å². The maximum Gasteiger partial charge on any atom is 0.0640 e. The summed E-state index contributed by atoms with van der Waals surface area (Å²) < 4.78 is 2.56. The lowest BCUT2D eigenvalue weighted by molar-refractivity contribution is 1.31. The van der Waals surface area contributed by atoms with Crippen molar-refractivity contribution in [2.24, 2.45) is 0 Å². The van der Waals surface area contributed by atoms with Crippen molar-refractivity contribution in [3.63, 3.8) is 0 Å². The third kappa shape index (κ3) is 6.07. The largest absolute Gasteiger partial charge is 0.309 e. The predicted molar refractivity (Wildman–Crippen MR) is 268 cm³/mol. The summed E-state index contributed by atoms with van der Waals surface area (Å²) in [5, 5.41) is 10.1. The Labute approximate surface area is 365 Å². The Hall–Kier alpha value is -7.78. The fraction of sp³-hybridized carbons (Fsp3) is 0. The molecule has 0 unspecified atom stereocenters. The lowest BCUT2D eigenvalue weighted by atomic mass is 9.85. The van der Waals surface area contributed by atoms with E-state index in [9.17, 15) is 0 Å². The standard InChI is InChI=1S/C60H39NS/c1-3-16-44(17-4-1)58-53-24-10-9-22-50(53)51-38-37-47(39-55(51)59(58)45-18-5-2-6-19-45)61(56-27-14-26-54-52-23-11-12-28-57(52)62-60(54)56)46-35-33-41(34-36-46)40-29-31-43(32-30-40)49-25-13-20-42-15-7-8-21-48(42)49/h1-39H.